The topological polar surface area (TPSA) is 58.1 Å². The molecular formula is C13H19ClN4O. The van der Waals surface area contributed by atoms with Gasteiger partial charge in [-0.15, -0.1) is 0 Å². The highest BCUT2D eigenvalue weighted by Crippen LogP contribution is 2.15. The molecule has 0 unspecified atom stereocenters. The Kier molecular flexibility index (Phi) is 5.10. The van der Waals surface area contributed by atoms with Crippen molar-refractivity contribution in [1.29, 1.82) is 0 Å². The number of piperidine rings is 1. The molecule has 1 aromatic heterocycles. The zero-order valence-corrected chi connectivity index (χ0v) is 11.9. The maximum atomic E-state index is 11.8. The molecule has 0 spiro atoms. The number of rotatable bonds is 4. The van der Waals surface area contributed by atoms with Crippen LogP contribution in [0.3, 0.4) is 0 Å². The Hall–Kier alpha value is -1.20. The summed E-state index contributed by atoms with van der Waals surface area (Å²) in [6.07, 6.45) is 5.32. The SMILES string of the molecule is CC1CCN(CCNC(=O)c2cncc(Cl)n2)CC1. The van der Waals surface area contributed by atoms with Crippen LogP contribution >= 0.6 is 11.6 Å². The van der Waals surface area contributed by atoms with Crippen LogP contribution in [0.15, 0.2) is 12.4 Å². The Labute approximate surface area is 118 Å². The van der Waals surface area contributed by atoms with Crippen LogP contribution in [0.25, 0.3) is 0 Å². The number of aromatic nitrogens is 2. The van der Waals surface area contributed by atoms with Crippen LogP contribution in [-0.2, 0) is 0 Å². The summed E-state index contributed by atoms with van der Waals surface area (Å²) in [5, 5.41) is 3.08. The molecule has 1 aromatic rings. The molecule has 1 aliphatic heterocycles. The van der Waals surface area contributed by atoms with Crippen molar-refractivity contribution in [1.82, 2.24) is 20.2 Å². The van der Waals surface area contributed by atoms with Gasteiger partial charge in [-0.25, -0.2) is 4.98 Å². The van der Waals surface area contributed by atoms with Gasteiger partial charge in [-0.05, 0) is 31.8 Å². The summed E-state index contributed by atoms with van der Waals surface area (Å²) in [6.45, 7) is 6.03. The molecule has 19 heavy (non-hydrogen) atoms. The first-order chi connectivity index (χ1) is 9.15. The fraction of sp³-hybridized carbons (Fsp3) is 0.615. The summed E-state index contributed by atoms with van der Waals surface area (Å²) in [7, 11) is 0. The van der Waals surface area contributed by atoms with E-state index in [1.54, 1.807) is 0 Å². The third kappa shape index (κ3) is 4.44. The van der Waals surface area contributed by atoms with E-state index in [-0.39, 0.29) is 16.8 Å². The smallest absolute Gasteiger partial charge is 0.271 e. The largest absolute Gasteiger partial charge is 0.349 e. The van der Waals surface area contributed by atoms with E-state index < -0.39 is 0 Å². The summed E-state index contributed by atoms with van der Waals surface area (Å²) < 4.78 is 0. The monoisotopic (exact) mass is 282 g/mol. The van der Waals surface area contributed by atoms with Crippen LogP contribution in [0, 0.1) is 5.92 Å². The Balaban J connectivity index is 1.72. The van der Waals surface area contributed by atoms with Gasteiger partial charge in [0.05, 0.1) is 12.4 Å². The van der Waals surface area contributed by atoms with Crippen molar-refractivity contribution in [3.8, 4) is 0 Å². The van der Waals surface area contributed by atoms with E-state index in [0.29, 0.717) is 6.54 Å². The van der Waals surface area contributed by atoms with Gasteiger partial charge in [0.15, 0.2) is 0 Å². The molecule has 0 saturated carbocycles. The van der Waals surface area contributed by atoms with Gasteiger partial charge < -0.3 is 10.2 Å². The molecule has 0 radical (unpaired) electrons. The number of amides is 1. The van der Waals surface area contributed by atoms with Crippen LogP contribution in [0.2, 0.25) is 5.15 Å². The molecule has 1 saturated heterocycles. The van der Waals surface area contributed by atoms with Gasteiger partial charge in [-0.1, -0.05) is 18.5 Å². The van der Waals surface area contributed by atoms with Crippen molar-refractivity contribution in [3.63, 3.8) is 0 Å². The van der Waals surface area contributed by atoms with Crippen molar-refractivity contribution in [3.05, 3.63) is 23.2 Å². The average Bonchev–Trinajstić information content (AvgIpc) is 2.41. The summed E-state index contributed by atoms with van der Waals surface area (Å²) in [5.74, 6) is 0.605. The third-order valence-electron chi connectivity index (χ3n) is 3.43. The number of likely N-dealkylation sites (tertiary alicyclic amines) is 1. The highest BCUT2D eigenvalue weighted by atomic mass is 35.5. The summed E-state index contributed by atoms with van der Waals surface area (Å²) in [5.41, 5.74) is 0.264. The molecule has 0 bridgehead atoms. The van der Waals surface area contributed by atoms with Crippen LogP contribution in [0.1, 0.15) is 30.3 Å². The van der Waals surface area contributed by atoms with E-state index in [9.17, 15) is 4.79 Å². The first-order valence-electron chi connectivity index (χ1n) is 6.63. The van der Waals surface area contributed by atoms with Crippen LogP contribution < -0.4 is 5.32 Å². The van der Waals surface area contributed by atoms with Gasteiger partial charge >= 0.3 is 0 Å². The average molecular weight is 283 g/mol. The van der Waals surface area contributed by atoms with Crippen molar-refractivity contribution in [2.24, 2.45) is 5.92 Å². The van der Waals surface area contributed by atoms with E-state index >= 15 is 0 Å². The molecular weight excluding hydrogens is 264 g/mol. The van der Waals surface area contributed by atoms with E-state index in [0.717, 1.165) is 25.6 Å². The van der Waals surface area contributed by atoms with Gasteiger partial charge in [-0.3, -0.25) is 9.78 Å². The zero-order chi connectivity index (χ0) is 13.7. The van der Waals surface area contributed by atoms with E-state index in [2.05, 4.69) is 27.1 Å². The minimum absolute atomic E-state index is 0.222. The standard InChI is InChI=1S/C13H19ClN4O/c1-10-2-5-18(6-3-10)7-4-16-13(19)11-8-15-9-12(14)17-11/h8-10H,2-7H2,1H3,(H,16,19). The molecule has 1 amide bonds. The highest BCUT2D eigenvalue weighted by molar-refractivity contribution is 6.29. The van der Waals surface area contributed by atoms with Crippen molar-refractivity contribution in [2.75, 3.05) is 26.2 Å². The minimum Gasteiger partial charge on any atom is -0.349 e. The predicted molar refractivity (Wildman–Crippen MR) is 74.2 cm³/mol. The molecule has 0 aliphatic carbocycles. The number of carbonyl (C=O) groups excluding carboxylic acids is 1. The van der Waals surface area contributed by atoms with Crippen LogP contribution in [0.5, 0.6) is 0 Å². The van der Waals surface area contributed by atoms with Crippen LogP contribution in [-0.4, -0.2) is 47.0 Å². The van der Waals surface area contributed by atoms with Gasteiger partial charge in [0.1, 0.15) is 10.8 Å². The molecule has 1 fully saturated rings. The molecule has 2 rings (SSSR count). The summed E-state index contributed by atoms with van der Waals surface area (Å²) in [6, 6.07) is 0. The highest BCUT2D eigenvalue weighted by Gasteiger charge is 2.15. The van der Waals surface area contributed by atoms with Gasteiger partial charge in [0.2, 0.25) is 0 Å². The Morgan fingerprint density at radius 2 is 2.21 bits per heavy atom. The van der Waals surface area contributed by atoms with Crippen LogP contribution in [0.4, 0.5) is 0 Å². The Bertz CT molecular complexity index is 432. The lowest BCUT2D eigenvalue weighted by Crippen LogP contribution is -2.39. The normalized spacial score (nSPS) is 17.4. The third-order valence-corrected chi connectivity index (χ3v) is 3.61. The Morgan fingerprint density at radius 3 is 2.89 bits per heavy atom. The molecule has 0 aromatic carbocycles. The van der Waals surface area contributed by atoms with Crippen molar-refractivity contribution >= 4 is 17.5 Å². The van der Waals surface area contributed by atoms with E-state index in [4.69, 9.17) is 11.6 Å². The molecule has 6 heteroatoms. The number of hydrogen-bond donors (Lipinski definition) is 1. The second-order valence-electron chi connectivity index (χ2n) is 5.01. The minimum atomic E-state index is -0.222. The molecule has 5 nitrogen and oxygen atoms in total. The molecule has 0 atom stereocenters. The zero-order valence-electron chi connectivity index (χ0n) is 11.1. The second kappa shape index (κ2) is 6.82. The number of nitrogens with zero attached hydrogens (tertiary/aromatic N) is 3. The molecule has 1 aliphatic rings. The molecule has 2 heterocycles. The van der Waals surface area contributed by atoms with Gasteiger partial charge in [0.25, 0.3) is 5.91 Å². The molecule has 104 valence electrons. The van der Waals surface area contributed by atoms with Gasteiger partial charge in [-0.2, -0.15) is 0 Å². The van der Waals surface area contributed by atoms with E-state index in [1.807, 2.05) is 0 Å². The second-order valence-corrected chi connectivity index (χ2v) is 5.39. The molecule has 1 N–H and O–H groups in total. The first-order valence-corrected chi connectivity index (χ1v) is 7.01. The lowest BCUT2D eigenvalue weighted by Gasteiger charge is -2.30. The maximum Gasteiger partial charge on any atom is 0.271 e. The quantitative estimate of drug-likeness (QED) is 0.911. The van der Waals surface area contributed by atoms with Crippen molar-refractivity contribution in [2.45, 2.75) is 19.8 Å². The number of hydrogen-bond acceptors (Lipinski definition) is 4. The van der Waals surface area contributed by atoms with Crippen molar-refractivity contribution < 1.29 is 4.79 Å². The lowest BCUT2D eigenvalue weighted by molar-refractivity contribution is 0.0939. The lowest BCUT2D eigenvalue weighted by atomic mass is 9.99. The predicted octanol–water partition coefficient (Wildman–Crippen LogP) is 1.59. The summed E-state index contributed by atoms with van der Waals surface area (Å²) >= 11 is 5.70. The van der Waals surface area contributed by atoms with E-state index in [1.165, 1.54) is 25.2 Å². The Morgan fingerprint density at radius 1 is 1.47 bits per heavy atom. The number of halogens is 1. The fourth-order valence-electron chi connectivity index (χ4n) is 2.16. The first kappa shape index (κ1) is 14.2. The number of carbonyl (C=O) groups is 1. The fourth-order valence-corrected chi connectivity index (χ4v) is 2.30. The maximum absolute atomic E-state index is 11.8. The van der Waals surface area contributed by atoms with Gasteiger partial charge in [0, 0.05) is 13.1 Å². The summed E-state index contributed by atoms with van der Waals surface area (Å²) in [4.78, 5) is 22.0. The number of nitrogens with one attached hydrogen (secondary N) is 1.